The van der Waals surface area contributed by atoms with Crippen molar-refractivity contribution in [1.82, 2.24) is 5.32 Å². The van der Waals surface area contributed by atoms with Crippen LogP contribution < -0.4 is 15.5 Å². The summed E-state index contributed by atoms with van der Waals surface area (Å²) in [5, 5.41) is 6.81. The zero-order valence-corrected chi connectivity index (χ0v) is 16.7. The molecule has 144 valence electrons. The number of hydrogen-bond acceptors (Lipinski definition) is 4. The Hall–Kier alpha value is -1.40. The van der Waals surface area contributed by atoms with Crippen LogP contribution in [-0.4, -0.2) is 48.9 Å². The van der Waals surface area contributed by atoms with Gasteiger partial charge in [-0.1, -0.05) is 25.0 Å². The van der Waals surface area contributed by atoms with Crippen molar-refractivity contribution in [3.8, 4) is 0 Å². The van der Waals surface area contributed by atoms with Crippen molar-refractivity contribution >= 4 is 29.2 Å². The Morgan fingerprint density at radius 1 is 1.19 bits per heavy atom. The number of benzene rings is 1. The van der Waals surface area contributed by atoms with E-state index in [4.69, 9.17) is 4.74 Å². The minimum absolute atomic E-state index is 0.126. The highest BCUT2D eigenvalue weighted by atomic mass is 32.2. The van der Waals surface area contributed by atoms with E-state index < -0.39 is 0 Å². The van der Waals surface area contributed by atoms with Gasteiger partial charge in [0.15, 0.2) is 0 Å². The molecular formula is C20H31N3O2S. The average Bonchev–Trinajstić information content (AvgIpc) is 3.12. The largest absolute Gasteiger partial charge is 0.372 e. The summed E-state index contributed by atoms with van der Waals surface area (Å²) in [6.07, 6.45) is 5.77. The second-order valence-electron chi connectivity index (χ2n) is 7.34. The molecule has 1 aromatic carbocycles. The summed E-state index contributed by atoms with van der Waals surface area (Å²) >= 11 is 1.99. The van der Waals surface area contributed by atoms with Crippen LogP contribution in [0.3, 0.4) is 0 Å². The lowest BCUT2D eigenvalue weighted by molar-refractivity contribution is -0.00517. The standard InChI is InChI=1S/C20H31N3O2S/c1-15-13-23(14-16(2)25-15)19-10-6-5-9-18(19)22-20(24)21-11-12-26-17-7-3-4-8-17/h5-6,9-10,15-17H,3-4,7-8,11-14H2,1-2H3,(H2,21,22,24)/t15-,16-/m0/s1. The van der Waals surface area contributed by atoms with Crippen LogP contribution in [0.1, 0.15) is 39.5 Å². The number of para-hydroxylation sites is 2. The lowest BCUT2D eigenvalue weighted by Crippen LogP contribution is -2.45. The van der Waals surface area contributed by atoms with E-state index in [1.165, 1.54) is 25.7 Å². The maximum Gasteiger partial charge on any atom is 0.319 e. The van der Waals surface area contributed by atoms with Gasteiger partial charge in [0.2, 0.25) is 0 Å². The van der Waals surface area contributed by atoms with Crippen molar-refractivity contribution < 1.29 is 9.53 Å². The molecule has 6 heteroatoms. The third-order valence-corrected chi connectivity index (χ3v) is 6.34. The van der Waals surface area contributed by atoms with Gasteiger partial charge in [0, 0.05) is 30.6 Å². The van der Waals surface area contributed by atoms with Crippen molar-refractivity contribution in [3.05, 3.63) is 24.3 Å². The number of carbonyl (C=O) groups is 1. The molecule has 1 saturated heterocycles. The maximum absolute atomic E-state index is 12.3. The molecule has 1 aromatic rings. The third kappa shape index (κ3) is 5.55. The molecule has 2 atom stereocenters. The molecule has 2 amide bonds. The van der Waals surface area contributed by atoms with Gasteiger partial charge in [-0.3, -0.25) is 0 Å². The van der Waals surface area contributed by atoms with Crippen molar-refractivity contribution in [3.63, 3.8) is 0 Å². The summed E-state index contributed by atoms with van der Waals surface area (Å²) in [4.78, 5) is 14.6. The lowest BCUT2D eigenvalue weighted by atomic mass is 10.1. The fourth-order valence-corrected chi connectivity index (χ4v) is 5.06. The SMILES string of the molecule is C[C@H]1CN(c2ccccc2NC(=O)NCCSC2CCCC2)C[C@H](C)O1. The van der Waals surface area contributed by atoms with E-state index >= 15 is 0 Å². The number of urea groups is 1. The number of thioether (sulfide) groups is 1. The second kappa shape index (κ2) is 9.51. The summed E-state index contributed by atoms with van der Waals surface area (Å²) in [6.45, 7) is 6.56. The molecule has 1 heterocycles. The maximum atomic E-state index is 12.3. The van der Waals surface area contributed by atoms with Crippen LogP contribution >= 0.6 is 11.8 Å². The predicted octanol–water partition coefficient (Wildman–Crippen LogP) is 4.10. The molecule has 1 aliphatic heterocycles. The predicted molar refractivity (Wildman–Crippen MR) is 110 cm³/mol. The van der Waals surface area contributed by atoms with Crippen LogP contribution in [0.25, 0.3) is 0 Å². The minimum atomic E-state index is -0.126. The summed E-state index contributed by atoms with van der Waals surface area (Å²) < 4.78 is 5.82. The van der Waals surface area contributed by atoms with Crippen molar-refractivity contribution in [2.24, 2.45) is 0 Å². The molecule has 5 nitrogen and oxygen atoms in total. The fraction of sp³-hybridized carbons (Fsp3) is 0.650. The molecular weight excluding hydrogens is 346 g/mol. The van der Waals surface area contributed by atoms with Gasteiger partial charge in [0.05, 0.1) is 23.6 Å². The number of nitrogens with zero attached hydrogens (tertiary/aromatic N) is 1. The summed E-state index contributed by atoms with van der Waals surface area (Å²) in [5.74, 6) is 0.984. The molecule has 0 unspecified atom stereocenters. The summed E-state index contributed by atoms with van der Waals surface area (Å²) in [5.41, 5.74) is 1.92. The van der Waals surface area contributed by atoms with Crippen LogP contribution in [0.4, 0.5) is 16.2 Å². The first-order valence-corrected chi connectivity index (χ1v) is 10.8. The van der Waals surface area contributed by atoms with Crippen molar-refractivity contribution in [2.75, 3.05) is 35.6 Å². The molecule has 3 rings (SSSR count). The Balaban J connectivity index is 1.50. The van der Waals surface area contributed by atoms with E-state index in [1.54, 1.807) is 0 Å². The first kappa shape index (κ1) is 19.4. The Kier molecular flexibility index (Phi) is 7.08. The normalized spacial score (nSPS) is 23.8. The minimum Gasteiger partial charge on any atom is -0.372 e. The number of rotatable bonds is 6. The van der Waals surface area contributed by atoms with Gasteiger partial charge >= 0.3 is 6.03 Å². The van der Waals surface area contributed by atoms with Crippen LogP contribution in [0.15, 0.2) is 24.3 Å². The van der Waals surface area contributed by atoms with Crippen LogP contribution in [-0.2, 0) is 4.74 Å². The number of anilines is 2. The molecule has 1 aliphatic carbocycles. The number of morpholine rings is 1. The van der Waals surface area contributed by atoms with Gasteiger partial charge in [-0.25, -0.2) is 4.79 Å². The molecule has 0 bridgehead atoms. The summed E-state index contributed by atoms with van der Waals surface area (Å²) in [7, 11) is 0. The Labute approximate surface area is 161 Å². The fourth-order valence-electron chi connectivity index (χ4n) is 3.84. The third-order valence-electron chi connectivity index (χ3n) is 4.96. The van der Waals surface area contributed by atoms with Crippen LogP contribution in [0, 0.1) is 0 Å². The number of hydrogen-bond donors (Lipinski definition) is 2. The number of amides is 2. The average molecular weight is 378 g/mol. The zero-order valence-electron chi connectivity index (χ0n) is 15.9. The van der Waals surface area contributed by atoms with Crippen LogP contribution in [0.2, 0.25) is 0 Å². The van der Waals surface area contributed by atoms with E-state index in [-0.39, 0.29) is 18.2 Å². The number of nitrogens with one attached hydrogen (secondary N) is 2. The highest BCUT2D eigenvalue weighted by Gasteiger charge is 2.24. The summed E-state index contributed by atoms with van der Waals surface area (Å²) in [6, 6.07) is 7.88. The van der Waals surface area contributed by atoms with Gasteiger partial charge in [-0.2, -0.15) is 11.8 Å². The molecule has 2 aliphatic rings. The van der Waals surface area contributed by atoms with Gasteiger partial charge in [0.1, 0.15) is 0 Å². The van der Waals surface area contributed by atoms with Crippen molar-refractivity contribution in [1.29, 1.82) is 0 Å². The van der Waals surface area contributed by atoms with E-state index in [2.05, 4.69) is 35.4 Å². The Bertz CT molecular complexity index is 582. The molecule has 2 N–H and O–H groups in total. The van der Waals surface area contributed by atoms with Gasteiger partial charge in [-0.15, -0.1) is 0 Å². The van der Waals surface area contributed by atoms with Gasteiger partial charge in [0.25, 0.3) is 0 Å². The van der Waals surface area contributed by atoms with E-state index in [1.807, 2.05) is 30.0 Å². The Morgan fingerprint density at radius 3 is 2.62 bits per heavy atom. The van der Waals surface area contributed by atoms with Crippen molar-refractivity contribution in [2.45, 2.75) is 57.0 Å². The highest BCUT2D eigenvalue weighted by molar-refractivity contribution is 7.99. The number of carbonyl (C=O) groups excluding carboxylic acids is 1. The monoisotopic (exact) mass is 377 g/mol. The molecule has 0 spiro atoms. The number of ether oxygens (including phenoxy) is 1. The topological polar surface area (TPSA) is 53.6 Å². The molecule has 26 heavy (non-hydrogen) atoms. The second-order valence-corrected chi connectivity index (χ2v) is 8.75. The Morgan fingerprint density at radius 2 is 1.88 bits per heavy atom. The van der Waals surface area contributed by atoms with Gasteiger partial charge in [-0.05, 0) is 38.8 Å². The molecule has 2 fully saturated rings. The quantitative estimate of drug-likeness (QED) is 0.733. The first-order chi connectivity index (χ1) is 12.6. The smallest absolute Gasteiger partial charge is 0.319 e. The lowest BCUT2D eigenvalue weighted by Gasteiger charge is -2.37. The zero-order chi connectivity index (χ0) is 18.4. The molecule has 0 aromatic heterocycles. The highest BCUT2D eigenvalue weighted by Crippen LogP contribution is 2.29. The van der Waals surface area contributed by atoms with Gasteiger partial charge < -0.3 is 20.3 Å². The van der Waals surface area contributed by atoms with Crippen LogP contribution in [0.5, 0.6) is 0 Å². The van der Waals surface area contributed by atoms with E-state index in [0.29, 0.717) is 6.54 Å². The van der Waals surface area contributed by atoms with E-state index in [9.17, 15) is 4.79 Å². The molecule has 0 radical (unpaired) electrons. The molecule has 1 saturated carbocycles. The van der Waals surface area contributed by atoms with E-state index in [0.717, 1.165) is 35.5 Å². The first-order valence-electron chi connectivity index (χ1n) is 9.77.